The van der Waals surface area contributed by atoms with Crippen LogP contribution in [0, 0.1) is 0 Å². The van der Waals surface area contributed by atoms with E-state index in [9.17, 15) is 4.57 Å². The van der Waals surface area contributed by atoms with Gasteiger partial charge in [0.25, 0.3) is 0 Å². The molecule has 50 heavy (non-hydrogen) atoms. The highest BCUT2D eigenvalue weighted by atomic mass is 31.2. The first-order chi connectivity index (χ1) is 23.1. The molecule has 0 bridgehead atoms. The van der Waals surface area contributed by atoms with Gasteiger partial charge in [0, 0.05) is 35.8 Å². The third-order valence-corrected chi connectivity index (χ3v) is 10.1. The number of ether oxygens (including phenoxy) is 2. The van der Waals surface area contributed by atoms with Crippen LogP contribution in [0.15, 0.2) is 85.2 Å². The van der Waals surface area contributed by atoms with Gasteiger partial charge in [-0.05, 0) is 136 Å². The molecule has 0 radical (unpaired) electrons. The van der Waals surface area contributed by atoms with Gasteiger partial charge in [0.1, 0.15) is 0 Å². The number of hydrogen-bond donors (Lipinski definition) is 0. The first-order valence-corrected chi connectivity index (χ1v) is 19.3. The lowest BCUT2D eigenvalue weighted by Gasteiger charge is -2.32. The van der Waals surface area contributed by atoms with Crippen molar-refractivity contribution in [2.24, 2.45) is 0 Å². The van der Waals surface area contributed by atoms with Crippen molar-refractivity contribution in [2.45, 2.75) is 112 Å². The molecule has 0 saturated heterocycles. The second-order valence-electron chi connectivity index (χ2n) is 17.0. The lowest BCUT2D eigenvalue weighted by Crippen LogP contribution is -2.35. The summed E-state index contributed by atoms with van der Waals surface area (Å²) in [4.78, 5) is 2.34. The largest absolute Gasteiger partial charge is 0.374 e. The number of anilines is 1. The molecule has 272 valence electrons. The van der Waals surface area contributed by atoms with Crippen molar-refractivity contribution in [3.8, 4) is 11.1 Å². The second kappa shape index (κ2) is 15.7. The van der Waals surface area contributed by atoms with Crippen LogP contribution in [0.4, 0.5) is 5.69 Å². The summed E-state index contributed by atoms with van der Waals surface area (Å²) in [7, 11) is -3.53. The molecule has 0 fully saturated rings. The van der Waals surface area contributed by atoms with Gasteiger partial charge in [-0.3, -0.25) is 13.6 Å². The molecule has 0 aliphatic carbocycles. The minimum absolute atomic E-state index is 0.172. The van der Waals surface area contributed by atoms with Gasteiger partial charge in [-0.1, -0.05) is 30.3 Å². The molecule has 7 nitrogen and oxygen atoms in total. The summed E-state index contributed by atoms with van der Waals surface area (Å²) < 4.78 is 40.2. The molecule has 0 N–H and O–H groups in total. The zero-order valence-electron chi connectivity index (χ0n) is 32.5. The first kappa shape index (κ1) is 39.7. The van der Waals surface area contributed by atoms with Crippen molar-refractivity contribution in [1.82, 2.24) is 0 Å². The summed E-state index contributed by atoms with van der Waals surface area (Å²) in [5.41, 5.74) is 3.02. The fraction of sp³-hybridized carbons (Fsp3) is 0.500. The normalized spacial score (nSPS) is 13.2. The molecule has 4 rings (SSSR count). The van der Waals surface area contributed by atoms with Crippen LogP contribution in [0.2, 0.25) is 0 Å². The molecule has 8 heteroatoms. The summed E-state index contributed by atoms with van der Waals surface area (Å²) in [6.45, 7) is 27.4. The number of fused-ring (bicyclic) bond motifs is 1. The molecule has 0 spiro atoms. The zero-order chi connectivity index (χ0) is 37.0. The Labute approximate surface area is 301 Å². The first-order valence-electron chi connectivity index (χ1n) is 17.7. The van der Waals surface area contributed by atoms with Gasteiger partial charge in [0.15, 0.2) is 18.9 Å². The van der Waals surface area contributed by atoms with E-state index in [1.54, 1.807) is 0 Å². The van der Waals surface area contributed by atoms with E-state index in [0.717, 1.165) is 29.7 Å². The zero-order valence-corrected chi connectivity index (χ0v) is 33.4. The average Bonchev–Trinajstić information content (AvgIpc) is 2.97. The fourth-order valence-electron chi connectivity index (χ4n) is 5.51. The van der Waals surface area contributed by atoms with Crippen molar-refractivity contribution in [1.29, 1.82) is 0 Å². The maximum Gasteiger partial charge on any atom is 0.362 e. The lowest BCUT2D eigenvalue weighted by atomic mass is 10.0. The molecule has 0 saturated carbocycles. The quantitative estimate of drug-likeness (QED) is 0.102. The van der Waals surface area contributed by atoms with Crippen LogP contribution in [-0.2, 0) is 29.6 Å². The molecule has 0 aliphatic heterocycles. The van der Waals surface area contributed by atoms with Gasteiger partial charge in [-0.15, -0.1) is 0 Å². The summed E-state index contributed by atoms with van der Waals surface area (Å²) in [5, 5.41) is 2.90. The second-order valence-corrected chi connectivity index (χ2v) is 18.9. The van der Waals surface area contributed by atoms with Crippen LogP contribution in [0.5, 0.6) is 0 Å². The van der Waals surface area contributed by atoms with Crippen LogP contribution < -0.4 is 14.8 Å². The van der Waals surface area contributed by atoms with Gasteiger partial charge < -0.3 is 14.4 Å². The minimum Gasteiger partial charge on any atom is -0.374 e. The number of aromatic nitrogens is 1. The highest BCUT2D eigenvalue weighted by molar-refractivity contribution is 7.62. The van der Waals surface area contributed by atoms with E-state index < -0.39 is 18.8 Å². The van der Waals surface area contributed by atoms with Gasteiger partial charge in [0.2, 0.25) is 0 Å². The SMILES string of the molecule is CC(C)(C)OCCN(CCOC(C)(C)C)c1ccc(-c2ccc3c[n+](Cc4ccc(P(=O)(OC(C)(C)C)OC(C)(C)C)cc4)ccc3c2)cc1. The van der Waals surface area contributed by atoms with E-state index in [4.69, 9.17) is 18.5 Å². The number of rotatable bonds is 13. The maximum atomic E-state index is 13.9. The molecule has 0 unspecified atom stereocenters. The molecule has 1 heterocycles. The van der Waals surface area contributed by atoms with Crippen LogP contribution >= 0.6 is 7.60 Å². The molecule has 3 aromatic carbocycles. The molecule has 0 atom stereocenters. The summed E-state index contributed by atoms with van der Waals surface area (Å²) in [5.74, 6) is 0. The topological polar surface area (TPSA) is 61.1 Å². The van der Waals surface area contributed by atoms with Gasteiger partial charge >= 0.3 is 7.60 Å². The smallest absolute Gasteiger partial charge is 0.362 e. The Morgan fingerprint density at radius 2 is 1.12 bits per heavy atom. The van der Waals surface area contributed by atoms with Crippen molar-refractivity contribution in [3.63, 3.8) is 0 Å². The van der Waals surface area contributed by atoms with Crippen LogP contribution in [0.3, 0.4) is 0 Å². The molecular weight excluding hydrogens is 643 g/mol. The predicted molar refractivity (Wildman–Crippen MR) is 208 cm³/mol. The third-order valence-electron chi connectivity index (χ3n) is 7.60. The summed E-state index contributed by atoms with van der Waals surface area (Å²) in [6, 6.07) is 25.3. The maximum absolute atomic E-state index is 13.9. The van der Waals surface area contributed by atoms with Crippen LogP contribution in [0.25, 0.3) is 21.9 Å². The Morgan fingerprint density at radius 1 is 0.600 bits per heavy atom. The van der Waals surface area contributed by atoms with E-state index in [0.29, 0.717) is 25.1 Å². The lowest BCUT2D eigenvalue weighted by molar-refractivity contribution is -0.687. The average molecular weight is 704 g/mol. The molecule has 1 aromatic heterocycles. The van der Waals surface area contributed by atoms with Crippen molar-refractivity contribution in [3.05, 3.63) is 90.8 Å². The standard InChI is InChI=1S/C42H60N2O5P/c1-39(2,3)46-27-25-44(26-28-47-40(4,5)6)37-19-17-33(18-20-37)34-15-16-36-31-43(24-23-35(36)29-34)30-32-13-21-38(22-14-32)50(45,48-41(7,8)9)49-42(10,11)12/h13-24,29,31H,25-28,30H2,1-12H3/q+1. The Morgan fingerprint density at radius 3 is 1.62 bits per heavy atom. The van der Waals surface area contributed by atoms with E-state index in [2.05, 4.69) is 112 Å². The summed E-state index contributed by atoms with van der Waals surface area (Å²) >= 11 is 0. The molecule has 0 aliphatic rings. The van der Waals surface area contributed by atoms with E-state index >= 15 is 0 Å². The third kappa shape index (κ3) is 12.6. The van der Waals surface area contributed by atoms with Crippen molar-refractivity contribution < 1.29 is 27.7 Å². The number of pyridine rings is 1. The van der Waals surface area contributed by atoms with Gasteiger partial charge in [0.05, 0.1) is 40.9 Å². The van der Waals surface area contributed by atoms with E-state index in [1.165, 1.54) is 16.5 Å². The monoisotopic (exact) mass is 703 g/mol. The van der Waals surface area contributed by atoms with Gasteiger partial charge in [-0.2, -0.15) is 0 Å². The Kier molecular flexibility index (Phi) is 12.5. The Hall–Kier alpha value is -3.06. The highest BCUT2D eigenvalue weighted by Gasteiger charge is 2.37. The van der Waals surface area contributed by atoms with Crippen molar-refractivity contribution in [2.75, 3.05) is 31.2 Å². The van der Waals surface area contributed by atoms with E-state index in [-0.39, 0.29) is 11.2 Å². The molecule has 4 aromatic rings. The number of benzene rings is 3. The fourth-order valence-corrected chi connectivity index (χ4v) is 7.72. The highest BCUT2D eigenvalue weighted by Crippen LogP contribution is 2.53. The van der Waals surface area contributed by atoms with E-state index in [1.807, 2.05) is 65.8 Å². The van der Waals surface area contributed by atoms with Crippen LogP contribution in [-0.4, -0.2) is 48.7 Å². The summed E-state index contributed by atoms with van der Waals surface area (Å²) in [6.07, 6.45) is 4.28. The Balaban J connectivity index is 1.47. The Bertz CT molecular complexity index is 1700. The minimum atomic E-state index is -3.53. The van der Waals surface area contributed by atoms with Crippen molar-refractivity contribution >= 4 is 29.4 Å². The molecule has 0 amide bonds. The van der Waals surface area contributed by atoms with Crippen LogP contribution in [0.1, 0.15) is 88.6 Å². The van der Waals surface area contributed by atoms with Gasteiger partial charge in [-0.25, -0.2) is 4.57 Å². The predicted octanol–water partition coefficient (Wildman–Crippen LogP) is 9.73. The number of hydrogen-bond acceptors (Lipinski definition) is 6. The number of nitrogens with zero attached hydrogens (tertiary/aromatic N) is 2. The molecular formula is C42H60N2O5P+.